The number of hydrogen-bond donors (Lipinski definition) is 0. The Balaban J connectivity index is 2.55. The second-order valence-corrected chi connectivity index (χ2v) is 6.38. The first-order valence-corrected chi connectivity index (χ1v) is 6.98. The molecule has 4 heteroatoms. The molecular formula is C15H17O3P. The summed E-state index contributed by atoms with van der Waals surface area (Å²) in [5, 5.41) is 0.957. The minimum atomic E-state index is -0.414. The van der Waals surface area contributed by atoms with E-state index in [0.717, 1.165) is 24.5 Å². The fraction of sp³-hybridized carbons (Fsp3) is 0.333. The lowest BCUT2D eigenvalue weighted by molar-refractivity contribution is 0.0562. The maximum Gasteiger partial charge on any atom is 0.374 e. The molecule has 3 nitrogen and oxygen atoms in total. The summed E-state index contributed by atoms with van der Waals surface area (Å²) in [7, 11) is 2.30. The normalized spacial score (nSPS) is 11.8. The SMILES string of the molecule is COC(=O)c1oc(-c2ccccc2)pc1C(C)(C)C. The summed E-state index contributed by atoms with van der Waals surface area (Å²) in [6.45, 7) is 6.20. The van der Waals surface area contributed by atoms with Gasteiger partial charge < -0.3 is 9.15 Å². The second kappa shape index (κ2) is 5.18. The fourth-order valence-electron chi connectivity index (χ4n) is 1.76. The summed E-state index contributed by atoms with van der Waals surface area (Å²) in [6, 6.07) is 9.81. The average molecular weight is 276 g/mol. The molecule has 0 atom stereocenters. The number of benzene rings is 1. The molecule has 19 heavy (non-hydrogen) atoms. The number of methoxy groups -OCH3 is 1. The Morgan fingerprint density at radius 2 is 1.84 bits per heavy atom. The molecule has 0 spiro atoms. The van der Waals surface area contributed by atoms with Crippen molar-refractivity contribution in [3.8, 4) is 11.1 Å². The number of hydrogen-bond acceptors (Lipinski definition) is 3. The first-order valence-electron chi connectivity index (χ1n) is 6.08. The Labute approximate surface area is 114 Å². The van der Waals surface area contributed by atoms with Gasteiger partial charge in [-0.05, 0) is 13.6 Å². The van der Waals surface area contributed by atoms with Gasteiger partial charge in [0.05, 0.1) is 7.11 Å². The van der Waals surface area contributed by atoms with Crippen molar-refractivity contribution >= 4 is 14.2 Å². The van der Waals surface area contributed by atoms with Crippen molar-refractivity contribution in [1.82, 2.24) is 0 Å². The zero-order chi connectivity index (χ0) is 14.0. The molecule has 100 valence electrons. The zero-order valence-electron chi connectivity index (χ0n) is 11.6. The molecule has 0 aliphatic heterocycles. The van der Waals surface area contributed by atoms with E-state index in [1.54, 1.807) is 0 Å². The van der Waals surface area contributed by atoms with Crippen LogP contribution in [0, 0.1) is 0 Å². The molecule has 2 rings (SSSR count). The predicted molar refractivity (Wildman–Crippen MR) is 76.7 cm³/mol. The van der Waals surface area contributed by atoms with E-state index in [4.69, 9.17) is 9.15 Å². The predicted octanol–water partition coefficient (Wildman–Crippen LogP) is 4.61. The van der Waals surface area contributed by atoms with Crippen LogP contribution in [0.1, 0.15) is 36.6 Å². The Hall–Kier alpha value is -1.60. The van der Waals surface area contributed by atoms with E-state index >= 15 is 0 Å². The Kier molecular flexibility index (Phi) is 3.77. The highest BCUT2D eigenvalue weighted by molar-refractivity contribution is 7.34. The molecule has 0 unspecified atom stereocenters. The lowest BCUT2D eigenvalue weighted by atomic mass is 9.93. The minimum Gasteiger partial charge on any atom is -0.463 e. The number of ether oxygens (including phenoxy) is 1. The molecule has 0 bridgehead atoms. The maximum absolute atomic E-state index is 11.8. The smallest absolute Gasteiger partial charge is 0.374 e. The quantitative estimate of drug-likeness (QED) is 0.752. The van der Waals surface area contributed by atoms with E-state index < -0.39 is 5.97 Å². The van der Waals surface area contributed by atoms with Gasteiger partial charge in [-0.25, -0.2) is 4.79 Å². The molecule has 0 saturated carbocycles. The lowest BCUT2D eigenvalue weighted by Gasteiger charge is -2.16. The van der Waals surface area contributed by atoms with Crippen molar-refractivity contribution in [2.75, 3.05) is 7.11 Å². The topological polar surface area (TPSA) is 39.4 Å². The van der Waals surface area contributed by atoms with Gasteiger partial charge in [-0.15, -0.1) is 0 Å². The van der Waals surface area contributed by atoms with Gasteiger partial charge in [0.2, 0.25) is 5.76 Å². The van der Waals surface area contributed by atoms with Crippen LogP contribution in [0.4, 0.5) is 0 Å². The van der Waals surface area contributed by atoms with Crippen molar-refractivity contribution < 1.29 is 13.9 Å². The summed E-state index contributed by atoms with van der Waals surface area (Å²) >= 11 is 0. The van der Waals surface area contributed by atoms with Gasteiger partial charge in [0.15, 0.2) is 5.49 Å². The third-order valence-electron chi connectivity index (χ3n) is 2.73. The maximum atomic E-state index is 11.8. The van der Waals surface area contributed by atoms with Crippen molar-refractivity contribution in [3.63, 3.8) is 0 Å². The van der Waals surface area contributed by atoms with Crippen molar-refractivity contribution in [2.24, 2.45) is 0 Å². The highest BCUT2D eigenvalue weighted by atomic mass is 31.0. The average Bonchev–Trinajstić information content (AvgIpc) is 2.84. The molecule has 1 aromatic carbocycles. The van der Waals surface area contributed by atoms with Gasteiger partial charge in [0.25, 0.3) is 0 Å². The van der Waals surface area contributed by atoms with Crippen LogP contribution in [-0.2, 0) is 10.2 Å². The van der Waals surface area contributed by atoms with Crippen molar-refractivity contribution in [3.05, 3.63) is 41.4 Å². The molecule has 1 aromatic heterocycles. The van der Waals surface area contributed by atoms with Crippen LogP contribution in [0.15, 0.2) is 34.7 Å². The third-order valence-corrected chi connectivity index (χ3v) is 4.38. The van der Waals surface area contributed by atoms with Gasteiger partial charge in [-0.3, -0.25) is 0 Å². The third kappa shape index (κ3) is 2.87. The molecule has 2 aromatic rings. The molecule has 0 amide bonds. The highest BCUT2D eigenvalue weighted by Gasteiger charge is 2.28. The van der Waals surface area contributed by atoms with Gasteiger partial charge >= 0.3 is 5.97 Å². The number of rotatable bonds is 2. The summed E-state index contributed by atoms with van der Waals surface area (Å²) in [6.07, 6.45) is 0. The van der Waals surface area contributed by atoms with E-state index in [-0.39, 0.29) is 5.41 Å². The monoisotopic (exact) mass is 276 g/mol. The van der Waals surface area contributed by atoms with Crippen LogP contribution in [0.2, 0.25) is 0 Å². The van der Waals surface area contributed by atoms with Crippen LogP contribution in [0.3, 0.4) is 0 Å². The molecule has 0 saturated heterocycles. The van der Waals surface area contributed by atoms with Crippen molar-refractivity contribution in [2.45, 2.75) is 26.2 Å². The van der Waals surface area contributed by atoms with Gasteiger partial charge in [0.1, 0.15) is 0 Å². The molecule has 0 radical (unpaired) electrons. The minimum absolute atomic E-state index is 0.137. The summed E-state index contributed by atoms with van der Waals surface area (Å²) in [4.78, 5) is 11.8. The fourth-order valence-corrected chi connectivity index (χ4v) is 2.96. The summed E-state index contributed by atoms with van der Waals surface area (Å²) in [5.41, 5.74) is 1.64. The standard InChI is InChI=1S/C15H17O3P/c1-15(2,3)12-11(13(16)17-4)18-14(19-12)10-8-6-5-7-9-10/h5-9H,1-4H3. The number of carbonyl (C=O) groups excluding carboxylic acids is 1. The Morgan fingerprint density at radius 3 is 2.37 bits per heavy atom. The van der Waals surface area contributed by atoms with Gasteiger partial charge in [-0.2, -0.15) is 0 Å². The first-order chi connectivity index (χ1) is 8.93. The van der Waals surface area contributed by atoms with E-state index in [1.807, 2.05) is 30.3 Å². The van der Waals surface area contributed by atoms with Crippen LogP contribution >= 0.6 is 8.19 Å². The van der Waals surface area contributed by atoms with Gasteiger partial charge in [0, 0.05) is 10.9 Å². The van der Waals surface area contributed by atoms with E-state index in [2.05, 4.69) is 20.8 Å². The van der Waals surface area contributed by atoms with Crippen LogP contribution in [0.25, 0.3) is 11.1 Å². The first kappa shape index (κ1) is 13.8. The molecule has 1 heterocycles. The van der Waals surface area contributed by atoms with E-state index in [0.29, 0.717) is 5.76 Å². The van der Waals surface area contributed by atoms with E-state index in [1.165, 1.54) is 7.11 Å². The Bertz CT molecular complexity index is 579. The van der Waals surface area contributed by atoms with Crippen LogP contribution in [-0.4, -0.2) is 13.1 Å². The molecule has 0 aliphatic rings. The second-order valence-electron chi connectivity index (χ2n) is 5.30. The van der Waals surface area contributed by atoms with E-state index in [9.17, 15) is 4.79 Å². The molecule has 0 N–H and O–H groups in total. The lowest BCUT2D eigenvalue weighted by Crippen LogP contribution is -2.14. The number of carbonyl (C=O) groups is 1. The summed E-state index contributed by atoms with van der Waals surface area (Å²) in [5.74, 6) is -0.0844. The largest absolute Gasteiger partial charge is 0.463 e. The zero-order valence-corrected chi connectivity index (χ0v) is 12.5. The Morgan fingerprint density at radius 1 is 1.21 bits per heavy atom. The molecular weight excluding hydrogens is 259 g/mol. The van der Waals surface area contributed by atoms with Gasteiger partial charge in [-0.1, -0.05) is 51.1 Å². The van der Waals surface area contributed by atoms with Crippen molar-refractivity contribution in [1.29, 1.82) is 0 Å². The summed E-state index contributed by atoms with van der Waals surface area (Å²) < 4.78 is 10.6. The highest BCUT2D eigenvalue weighted by Crippen LogP contribution is 2.42. The van der Waals surface area contributed by atoms with Crippen LogP contribution < -0.4 is 0 Å². The molecule has 0 aliphatic carbocycles. The molecule has 0 fully saturated rings. The number of esters is 1. The van der Waals surface area contributed by atoms with Crippen LogP contribution in [0.5, 0.6) is 0 Å².